The summed E-state index contributed by atoms with van der Waals surface area (Å²) in [6.07, 6.45) is 1.77. The summed E-state index contributed by atoms with van der Waals surface area (Å²) in [4.78, 5) is 4.25. The van der Waals surface area contributed by atoms with Gasteiger partial charge in [-0.1, -0.05) is 35.9 Å². The summed E-state index contributed by atoms with van der Waals surface area (Å²) in [5, 5.41) is 0. The third-order valence-corrected chi connectivity index (χ3v) is 2.44. The van der Waals surface area contributed by atoms with E-state index in [2.05, 4.69) is 36.2 Å². The summed E-state index contributed by atoms with van der Waals surface area (Å²) in [5.74, 6) is 0. The second-order valence-corrected chi connectivity index (χ2v) is 3.64. The van der Waals surface area contributed by atoms with E-state index in [1.165, 1.54) is 5.56 Å². The van der Waals surface area contributed by atoms with Crippen molar-refractivity contribution >= 4 is 0 Å². The summed E-state index contributed by atoms with van der Waals surface area (Å²) in [6, 6.07) is 13.9. The van der Waals surface area contributed by atoms with Gasteiger partial charge in [-0.15, -0.1) is 0 Å². The van der Waals surface area contributed by atoms with Gasteiger partial charge in [0.1, 0.15) is 0 Å². The highest BCUT2D eigenvalue weighted by molar-refractivity contribution is 5.29. The van der Waals surface area contributed by atoms with Crippen LogP contribution in [0.4, 0.5) is 0 Å². The Balaban J connectivity index is 2.29. The van der Waals surface area contributed by atoms with Crippen LogP contribution in [0.5, 0.6) is 0 Å². The van der Waals surface area contributed by atoms with Gasteiger partial charge in [0.25, 0.3) is 0 Å². The molecular formula is C13H14N2. The van der Waals surface area contributed by atoms with Crippen LogP contribution in [-0.2, 0) is 0 Å². The monoisotopic (exact) mass is 198 g/mol. The Kier molecular flexibility index (Phi) is 2.79. The summed E-state index contributed by atoms with van der Waals surface area (Å²) in [6.45, 7) is 2.07. The number of nitrogens with two attached hydrogens (primary N) is 1. The highest BCUT2D eigenvalue weighted by Gasteiger charge is 2.08. The van der Waals surface area contributed by atoms with Gasteiger partial charge in [-0.3, -0.25) is 4.98 Å². The number of hydrogen-bond acceptors (Lipinski definition) is 2. The average molecular weight is 198 g/mol. The molecule has 0 aliphatic heterocycles. The quantitative estimate of drug-likeness (QED) is 0.805. The Morgan fingerprint density at radius 2 is 1.80 bits per heavy atom. The molecule has 0 spiro atoms. The lowest BCUT2D eigenvalue weighted by atomic mass is 10.0. The molecule has 2 N–H and O–H groups in total. The number of benzene rings is 1. The highest BCUT2D eigenvalue weighted by atomic mass is 14.8. The van der Waals surface area contributed by atoms with E-state index in [4.69, 9.17) is 5.73 Å². The summed E-state index contributed by atoms with van der Waals surface area (Å²) in [7, 11) is 0. The molecule has 2 nitrogen and oxygen atoms in total. The first-order valence-corrected chi connectivity index (χ1v) is 5.00. The minimum Gasteiger partial charge on any atom is -0.319 e. The minimum atomic E-state index is -0.133. The van der Waals surface area contributed by atoms with Crippen LogP contribution in [0.3, 0.4) is 0 Å². The molecular weight excluding hydrogens is 184 g/mol. The van der Waals surface area contributed by atoms with Crippen molar-refractivity contribution in [2.45, 2.75) is 13.0 Å². The number of aromatic nitrogens is 1. The van der Waals surface area contributed by atoms with Crippen molar-refractivity contribution in [3.05, 3.63) is 65.5 Å². The maximum atomic E-state index is 6.10. The van der Waals surface area contributed by atoms with E-state index in [0.29, 0.717) is 0 Å². The molecule has 0 aliphatic carbocycles. The molecule has 0 unspecified atom stereocenters. The van der Waals surface area contributed by atoms with Crippen LogP contribution in [0.25, 0.3) is 0 Å². The van der Waals surface area contributed by atoms with E-state index in [1.807, 2.05) is 18.2 Å². The second kappa shape index (κ2) is 4.24. The molecule has 2 heteroatoms. The first-order valence-electron chi connectivity index (χ1n) is 5.00. The van der Waals surface area contributed by atoms with Crippen molar-refractivity contribution in [3.63, 3.8) is 0 Å². The zero-order chi connectivity index (χ0) is 10.7. The van der Waals surface area contributed by atoms with Gasteiger partial charge in [0.05, 0.1) is 11.7 Å². The standard InChI is InChI=1S/C13H14N2/c1-10-5-7-11(8-6-10)13(14)12-4-2-3-9-15-12/h2-9,13H,14H2,1H3/t13-/m1/s1. The molecule has 0 fully saturated rings. The number of rotatable bonds is 2. The molecule has 0 radical (unpaired) electrons. The van der Waals surface area contributed by atoms with Crippen LogP contribution < -0.4 is 5.73 Å². The Hall–Kier alpha value is -1.67. The molecule has 0 saturated carbocycles. The van der Waals surface area contributed by atoms with Crippen LogP contribution >= 0.6 is 0 Å². The van der Waals surface area contributed by atoms with Crippen molar-refractivity contribution in [1.29, 1.82) is 0 Å². The maximum absolute atomic E-state index is 6.10. The number of hydrogen-bond donors (Lipinski definition) is 1. The van der Waals surface area contributed by atoms with E-state index < -0.39 is 0 Å². The number of pyridine rings is 1. The first kappa shape index (κ1) is 9.87. The van der Waals surface area contributed by atoms with Gasteiger partial charge in [0.2, 0.25) is 0 Å². The fraction of sp³-hybridized carbons (Fsp3) is 0.154. The van der Waals surface area contributed by atoms with Crippen LogP contribution in [-0.4, -0.2) is 4.98 Å². The molecule has 0 aliphatic rings. The van der Waals surface area contributed by atoms with E-state index in [-0.39, 0.29) is 6.04 Å². The van der Waals surface area contributed by atoms with Crippen molar-refractivity contribution in [1.82, 2.24) is 4.98 Å². The predicted octanol–water partition coefficient (Wildman–Crippen LogP) is 2.44. The largest absolute Gasteiger partial charge is 0.319 e. The predicted molar refractivity (Wildman–Crippen MR) is 61.4 cm³/mol. The van der Waals surface area contributed by atoms with Crippen molar-refractivity contribution in [3.8, 4) is 0 Å². The molecule has 1 aromatic carbocycles. The number of nitrogens with zero attached hydrogens (tertiary/aromatic N) is 1. The first-order chi connectivity index (χ1) is 7.27. The molecule has 0 saturated heterocycles. The highest BCUT2D eigenvalue weighted by Crippen LogP contribution is 2.17. The molecule has 15 heavy (non-hydrogen) atoms. The molecule has 1 aromatic heterocycles. The normalized spacial score (nSPS) is 12.4. The van der Waals surface area contributed by atoms with Crippen LogP contribution in [0.1, 0.15) is 22.9 Å². The van der Waals surface area contributed by atoms with Gasteiger partial charge in [-0.05, 0) is 24.6 Å². The van der Waals surface area contributed by atoms with Crippen molar-refractivity contribution < 1.29 is 0 Å². The Morgan fingerprint density at radius 1 is 1.07 bits per heavy atom. The van der Waals surface area contributed by atoms with Gasteiger partial charge < -0.3 is 5.73 Å². The Labute approximate surface area is 89.8 Å². The Morgan fingerprint density at radius 3 is 2.40 bits per heavy atom. The summed E-state index contributed by atoms with van der Waals surface area (Å²) in [5.41, 5.74) is 9.35. The lowest BCUT2D eigenvalue weighted by Crippen LogP contribution is -2.13. The molecule has 76 valence electrons. The van der Waals surface area contributed by atoms with E-state index in [0.717, 1.165) is 11.3 Å². The maximum Gasteiger partial charge on any atom is 0.0726 e. The van der Waals surface area contributed by atoms with Crippen molar-refractivity contribution in [2.24, 2.45) is 5.73 Å². The average Bonchev–Trinajstić information content (AvgIpc) is 2.30. The van der Waals surface area contributed by atoms with Gasteiger partial charge in [-0.2, -0.15) is 0 Å². The number of aryl methyl sites for hydroxylation is 1. The molecule has 2 rings (SSSR count). The second-order valence-electron chi connectivity index (χ2n) is 3.64. The third-order valence-electron chi connectivity index (χ3n) is 2.44. The fourth-order valence-electron chi connectivity index (χ4n) is 1.50. The molecule has 0 amide bonds. The SMILES string of the molecule is Cc1ccc([C@@H](N)c2ccccn2)cc1. The molecule has 2 aromatic rings. The zero-order valence-electron chi connectivity index (χ0n) is 8.72. The summed E-state index contributed by atoms with van der Waals surface area (Å²) >= 11 is 0. The smallest absolute Gasteiger partial charge is 0.0726 e. The Bertz CT molecular complexity index is 420. The minimum absolute atomic E-state index is 0.133. The van der Waals surface area contributed by atoms with Gasteiger partial charge >= 0.3 is 0 Å². The van der Waals surface area contributed by atoms with Crippen LogP contribution in [0.15, 0.2) is 48.7 Å². The van der Waals surface area contributed by atoms with Gasteiger partial charge in [-0.25, -0.2) is 0 Å². The van der Waals surface area contributed by atoms with Crippen LogP contribution in [0.2, 0.25) is 0 Å². The third kappa shape index (κ3) is 2.22. The lowest BCUT2D eigenvalue weighted by molar-refractivity contribution is 0.828. The lowest BCUT2D eigenvalue weighted by Gasteiger charge is -2.11. The molecule has 1 atom stereocenters. The van der Waals surface area contributed by atoms with Gasteiger partial charge in [0.15, 0.2) is 0 Å². The fourth-order valence-corrected chi connectivity index (χ4v) is 1.50. The van der Waals surface area contributed by atoms with Gasteiger partial charge in [0, 0.05) is 6.20 Å². The topological polar surface area (TPSA) is 38.9 Å². The zero-order valence-corrected chi connectivity index (χ0v) is 8.72. The summed E-state index contributed by atoms with van der Waals surface area (Å²) < 4.78 is 0. The van der Waals surface area contributed by atoms with E-state index in [9.17, 15) is 0 Å². The van der Waals surface area contributed by atoms with E-state index >= 15 is 0 Å². The van der Waals surface area contributed by atoms with Crippen molar-refractivity contribution in [2.75, 3.05) is 0 Å². The molecule has 1 heterocycles. The molecule has 0 bridgehead atoms. The van der Waals surface area contributed by atoms with Crippen LogP contribution in [0, 0.1) is 6.92 Å². The van der Waals surface area contributed by atoms with E-state index in [1.54, 1.807) is 6.20 Å².